The van der Waals surface area contributed by atoms with Gasteiger partial charge in [-0.3, -0.25) is 4.79 Å². The third-order valence-corrected chi connectivity index (χ3v) is 4.30. The standard InChI is InChI=1S/C13H20BrN3O/c1-8-6-10(16-7-9(8)14)17-11(18)12(2,3)13(4,5)15/h6-7H,15H2,1-5H3,(H,16,17,18). The summed E-state index contributed by atoms with van der Waals surface area (Å²) in [6, 6.07) is 1.82. The van der Waals surface area contributed by atoms with E-state index >= 15 is 0 Å². The number of hydrogen-bond donors (Lipinski definition) is 2. The van der Waals surface area contributed by atoms with Crippen molar-refractivity contribution in [3.05, 3.63) is 22.3 Å². The molecule has 0 aliphatic carbocycles. The summed E-state index contributed by atoms with van der Waals surface area (Å²) >= 11 is 3.37. The SMILES string of the molecule is Cc1cc(NC(=O)C(C)(C)C(C)(C)N)ncc1Br. The normalized spacial score (nSPS) is 12.4. The Balaban J connectivity index is 2.91. The van der Waals surface area contributed by atoms with E-state index in [9.17, 15) is 4.79 Å². The third-order valence-electron chi connectivity index (χ3n) is 3.47. The van der Waals surface area contributed by atoms with E-state index in [4.69, 9.17) is 5.73 Å². The zero-order valence-electron chi connectivity index (χ0n) is 11.5. The summed E-state index contributed by atoms with van der Waals surface area (Å²) in [7, 11) is 0. The number of nitrogens with two attached hydrogens (primary N) is 1. The van der Waals surface area contributed by atoms with Crippen LogP contribution >= 0.6 is 15.9 Å². The maximum Gasteiger partial charge on any atom is 0.233 e. The number of nitrogens with zero attached hydrogens (tertiary/aromatic N) is 1. The summed E-state index contributed by atoms with van der Waals surface area (Å²) in [5.74, 6) is 0.405. The molecule has 1 heterocycles. The van der Waals surface area contributed by atoms with Crippen LogP contribution in [0.5, 0.6) is 0 Å². The zero-order chi connectivity index (χ0) is 14.1. The van der Waals surface area contributed by atoms with Gasteiger partial charge in [0.05, 0.1) is 5.41 Å². The molecule has 1 aromatic heterocycles. The summed E-state index contributed by atoms with van der Waals surface area (Å²) in [5, 5.41) is 2.81. The van der Waals surface area contributed by atoms with Gasteiger partial charge in [0.1, 0.15) is 5.82 Å². The van der Waals surface area contributed by atoms with E-state index in [-0.39, 0.29) is 5.91 Å². The summed E-state index contributed by atoms with van der Waals surface area (Å²) < 4.78 is 0.916. The molecule has 1 aromatic rings. The first-order chi connectivity index (χ1) is 8.05. The number of nitrogens with one attached hydrogen (secondary N) is 1. The van der Waals surface area contributed by atoms with Crippen LogP contribution in [0.4, 0.5) is 5.82 Å². The maximum absolute atomic E-state index is 12.2. The van der Waals surface area contributed by atoms with Crippen LogP contribution in [0.25, 0.3) is 0 Å². The highest BCUT2D eigenvalue weighted by Gasteiger charge is 2.40. The number of aryl methyl sites for hydroxylation is 1. The zero-order valence-corrected chi connectivity index (χ0v) is 13.1. The van der Waals surface area contributed by atoms with E-state index < -0.39 is 11.0 Å². The van der Waals surface area contributed by atoms with Gasteiger partial charge < -0.3 is 11.1 Å². The lowest BCUT2D eigenvalue weighted by Gasteiger charge is -2.36. The molecule has 0 aliphatic rings. The molecule has 0 bridgehead atoms. The molecule has 1 rings (SSSR count). The largest absolute Gasteiger partial charge is 0.325 e. The van der Waals surface area contributed by atoms with E-state index in [1.807, 2.05) is 40.7 Å². The Kier molecular flexibility index (Phi) is 4.18. The summed E-state index contributed by atoms with van der Waals surface area (Å²) in [6.45, 7) is 9.28. The highest BCUT2D eigenvalue weighted by molar-refractivity contribution is 9.10. The molecule has 0 unspecified atom stereocenters. The van der Waals surface area contributed by atoms with Crippen LogP contribution in [0.3, 0.4) is 0 Å². The van der Waals surface area contributed by atoms with Crippen molar-refractivity contribution in [1.29, 1.82) is 0 Å². The molecular weight excluding hydrogens is 294 g/mol. The van der Waals surface area contributed by atoms with Gasteiger partial charge in [-0.05, 0) is 62.2 Å². The Hall–Kier alpha value is -0.940. The number of amides is 1. The van der Waals surface area contributed by atoms with Crippen molar-refractivity contribution < 1.29 is 4.79 Å². The van der Waals surface area contributed by atoms with Crippen molar-refractivity contribution in [3.8, 4) is 0 Å². The Bertz CT molecular complexity index is 464. The van der Waals surface area contributed by atoms with Crippen LogP contribution in [0, 0.1) is 12.3 Å². The molecule has 0 spiro atoms. The van der Waals surface area contributed by atoms with E-state index in [2.05, 4.69) is 26.2 Å². The van der Waals surface area contributed by atoms with E-state index in [1.54, 1.807) is 6.20 Å². The van der Waals surface area contributed by atoms with Gasteiger partial charge >= 0.3 is 0 Å². The Morgan fingerprint density at radius 2 is 1.94 bits per heavy atom. The fraction of sp³-hybridized carbons (Fsp3) is 0.538. The molecule has 0 saturated carbocycles. The second kappa shape index (κ2) is 4.97. The molecule has 0 atom stereocenters. The number of pyridine rings is 1. The molecule has 4 nitrogen and oxygen atoms in total. The van der Waals surface area contributed by atoms with E-state index in [0.29, 0.717) is 5.82 Å². The predicted octanol–water partition coefficient (Wildman–Crippen LogP) is 2.85. The average Bonchev–Trinajstić information content (AvgIpc) is 2.21. The summed E-state index contributed by atoms with van der Waals surface area (Å²) in [5.41, 5.74) is 5.76. The molecule has 18 heavy (non-hydrogen) atoms. The number of carbonyl (C=O) groups excluding carboxylic acids is 1. The first-order valence-corrected chi connectivity index (χ1v) is 6.57. The molecule has 0 saturated heterocycles. The Labute approximate surface area is 116 Å². The Morgan fingerprint density at radius 3 is 2.39 bits per heavy atom. The molecule has 0 radical (unpaired) electrons. The molecular formula is C13H20BrN3O. The van der Waals surface area contributed by atoms with Crippen LogP contribution in [-0.2, 0) is 4.79 Å². The maximum atomic E-state index is 12.2. The second-order valence-electron chi connectivity index (χ2n) is 5.62. The van der Waals surface area contributed by atoms with Gasteiger partial charge in [0.15, 0.2) is 0 Å². The van der Waals surface area contributed by atoms with E-state index in [1.165, 1.54) is 0 Å². The minimum Gasteiger partial charge on any atom is -0.325 e. The molecule has 100 valence electrons. The van der Waals surface area contributed by atoms with Crippen molar-refractivity contribution >= 4 is 27.7 Å². The summed E-state index contributed by atoms with van der Waals surface area (Å²) in [4.78, 5) is 16.4. The fourth-order valence-corrected chi connectivity index (χ4v) is 1.39. The van der Waals surface area contributed by atoms with Gasteiger partial charge in [-0.2, -0.15) is 0 Å². The first-order valence-electron chi connectivity index (χ1n) is 5.78. The molecule has 1 amide bonds. The Morgan fingerprint density at radius 1 is 1.39 bits per heavy atom. The quantitative estimate of drug-likeness (QED) is 0.901. The minimum absolute atomic E-state index is 0.135. The smallest absolute Gasteiger partial charge is 0.233 e. The van der Waals surface area contributed by atoms with Crippen LogP contribution in [0.2, 0.25) is 0 Å². The average molecular weight is 314 g/mol. The van der Waals surface area contributed by atoms with Crippen molar-refractivity contribution in [2.75, 3.05) is 5.32 Å². The van der Waals surface area contributed by atoms with Gasteiger partial charge in [0.2, 0.25) is 5.91 Å². The van der Waals surface area contributed by atoms with Gasteiger partial charge in [0.25, 0.3) is 0 Å². The second-order valence-corrected chi connectivity index (χ2v) is 6.47. The predicted molar refractivity (Wildman–Crippen MR) is 77.4 cm³/mol. The molecule has 0 aromatic carbocycles. The van der Waals surface area contributed by atoms with Crippen LogP contribution < -0.4 is 11.1 Å². The minimum atomic E-state index is -0.685. The lowest BCUT2D eigenvalue weighted by Crippen LogP contribution is -2.53. The van der Waals surface area contributed by atoms with Crippen molar-refractivity contribution in [2.24, 2.45) is 11.1 Å². The van der Waals surface area contributed by atoms with Gasteiger partial charge in [-0.25, -0.2) is 4.98 Å². The van der Waals surface area contributed by atoms with Crippen LogP contribution in [0.1, 0.15) is 33.3 Å². The lowest BCUT2D eigenvalue weighted by atomic mass is 9.74. The molecule has 0 fully saturated rings. The number of carbonyl (C=O) groups is 1. The number of hydrogen-bond acceptors (Lipinski definition) is 3. The number of halogens is 1. The summed E-state index contributed by atoms with van der Waals surface area (Å²) in [6.07, 6.45) is 1.67. The fourth-order valence-electron chi connectivity index (χ4n) is 1.17. The van der Waals surface area contributed by atoms with Crippen molar-refractivity contribution in [1.82, 2.24) is 4.98 Å². The lowest BCUT2D eigenvalue weighted by molar-refractivity contribution is -0.126. The number of aromatic nitrogens is 1. The van der Waals surface area contributed by atoms with Crippen LogP contribution in [-0.4, -0.2) is 16.4 Å². The number of anilines is 1. The van der Waals surface area contributed by atoms with Crippen LogP contribution in [0.15, 0.2) is 16.7 Å². The first kappa shape index (κ1) is 15.1. The molecule has 5 heteroatoms. The highest BCUT2D eigenvalue weighted by Crippen LogP contribution is 2.29. The van der Waals surface area contributed by atoms with Gasteiger partial charge in [0, 0.05) is 16.2 Å². The molecule has 0 aliphatic heterocycles. The highest BCUT2D eigenvalue weighted by atomic mass is 79.9. The topological polar surface area (TPSA) is 68.0 Å². The molecule has 3 N–H and O–H groups in total. The van der Waals surface area contributed by atoms with Crippen molar-refractivity contribution in [2.45, 2.75) is 40.2 Å². The van der Waals surface area contributed by atoms with Gasteiger partial charge in [-0.15, -0.1) is 0 Å². The third kappa shape index (κ3) is 3.09. The van der Waals surface area contributed by atoms with Gasteiger partial charge in [-0.1, -0.05) is 0 Å². The van der Waals surface area contributed by atoms with E-state index in [0.717, 1.165) is 10.0 Å². The number of rotatable bonds is 3. The van der Waals surface area contributed by atoms with Crippen molar-refractivity contribution in [3.63, 3.8) is 0 Å². The monoisotopic (exact) mass is 313 g/mol.